The highest BCUT2D eigenvalue weighted by Gasteiger charge is 2.33. The van der Waals surface area contributed by atoms with Gasteiger partial charge < -0.3 is 9.32 Å². The Morgan fingerprint density at radius 2 is 1.83 bits per heavy atom. The van der Waals surface area contributed by atoms with Crippen molar-refractivity contribution in [3.05, 3.63) is 64.6 Å². The molecule has 0 atom stereocenters. The first-order chi connectivity index (χ1) is 11.6. The topological polar surface area (TPSA) is 69.5 Å². The number of piperazine rings is 1. The number of oxazole rings is 1. The summed E-state index contributed by atoms with van der Waals surface area (Å²) in [6, 6.07) is 15.7. The first-order valence-corrected chi connectivity index (χ1v) is 8.13. The monoisotopic (exact) mass is 326 g/mol. The lowest BCUT2D eigenvalue weighted by Crippen LogP contribution is -2.57. The zero-order chi connectivity index (χ0) is 16.6. The van der Waals surface area contributed by atoms with E-state index in [4.69, 9.17) is 4.42 Å². The van der Waals surface area contributed by atoms with E-state index in [9.17, 15) is 10.0 Å². The Labute approximate surface area is 139 Å². The second kappa shape index (κ2) is 5.81. The molecule has 0 aliphatic carbocycles. The number of H-pyrrole nitrogens is 1. The van der Waals surface area contributed by atoms with E-state index in [1.165, 1.54) is 0 Å². The summed E-state index contributed by atoms with van der Waals surface area (Å²) in [6.45, 7) is 3.27. The molecular weight excluding hydrogens is 306 g/mol. The molecule has 0 spiro atoms. The number of hydrogen-bond donors (Lipinski definition) is 2. The Morgan fingerprint density at radius 3 is 2.58 bits per heavy atom. The lowest BCUT2D eigenvalue weighted by Gasteiger charge is -2.39. The Kier molecular flexibility index (Phi) is 3.63. The number of hydrogen-bond acceptors (Lipinski definition) is 4. The normalized spacial score (nSPS) is 17.3. The molecule has 1 aliphatic rings. The molecule has 0 unspecified atom stereocenters. The molecule has 1 aliphatic heterocycles. The van der Waals surface area contributed by atoms with Crippen LogP contribution in [0, 0.1) is 0 Å². The minimum atomic E-state index is -0.439. The van der Waals surface area contributed by atoms with Crippen LogP contribution in [0.15, 0.2) is 57.7 Å². The number of fused-ring (bicyclic) bond motifs is 1. The maximum atomic E-state index is 11.4. The summed E-state index contributed by atoms with van der Waals surface area (Å²) in [6.07, 6.45) is 0. The van der Waals surface area contributed by atoms with Gasteiger partial charge in [-0.2, -0.15) is 4.65 Å². The predicted molar refractivity (Wildman–Crippen MR) is 91.0 cm³/mol. The summed E-state index contributed by atoms with van der Waals surface area (Å²) < 4.78 is 5.31. The summed E-state index contributed by atoms with van der Waals surface area (Å²) >= 11 is 0. The van der Waals surface area contributed by atoms with Crippen LogP contribution in [0.2, 0.25) is 0 Å². The minimum absolute atomic E-state index is 0.0353. The average Bonchev–Trinajstić information content (AvgIpc) is 2.96. The Bertz CT molecular complexity index is 893. The van der Waals surface area contributed by atoms with Gasteiger partial charge in [-0.15, -0.1) is 0 Å². The third kappa shape index (κ3) is 2.81. The predicted octanol–water partition coefficient (Wildman–Crippen LogP) is 2.35. The SMILES string of the molecule is O=c1[nH]c2cccc(N3CC[N+](O)(Cc4ccccc4)CC3)c2o1. The van der Waals surface area contributed by atoms with E-state index < -0.39 is 5.76 Å². The van der Waals surface area contributed by atoms with Crippen LogP contribution in [-0.4, -0.2) is 41.0 Å². The molecule has 24 heavy (non-hydrogen) atoms. The van der Waals surface area contributed by atoms with Crippen molar-refractivity contribution >= 4 is 16.8 Å². The molecule has 0 amide bonds. The molecule has 1 aromatic heterocycles. The average molecular weight is 326 g/mol. The molecule has 2 N–H and O–H groups in total. The first-order valence-electron chi connectivity index (χ1n) is 8.13. The van der Waals surface area contributed by atoms with Crippen LogP contribution in [0.4, 0.5) is 5.69 Å². The van der Waals surface area contributed by atoms with Crippen LogP contribution < -0.4 is 10.7 Å². The van der Waals surface area contributed by atoms with Gasteiger partial charge in [-0.05, 0) is 12.1 Å². The van der Waals surface area contributed by atoms with E-state index >= 15 is 0 Å². The number of para-hydroxylation sites is 1. The van der Waals surface area contributed by atoms with E-state index in [0.29, 0.717) is 43.8 Å². The second-order valence-electron chi connectivity index (χ2n) is 6.34. The highest BCUT2D eigenvalue weighted by atomic mass is 16.5. The van der Waals surface area contributed by atoms with Gasteiger partial charge in [0.25, 0.3) is 0 Å². The summed E-state index contributed by atoms with van der Waals surface area (Å²) in [7, 11) is 0. The molecule has 1 saturated heterocycles. The van der Waals surface area contributed by atoms with E-state index in [1.54, 1.807) is 0 Å². The zero-order valence-corrected chi connectivity index (χ0v) is 13.3. The first kappa shape index (κ1) is 15.0. The summed E-state index contributed by atoms with van der Waals surface area (Å²) in [5.74, 6) is -0.439. The van der Waals surface area contributed by atoms with Gasteiger partial charge in [0.15, 0.2) is 5.58 Å². The van der Waals surface area contributed by atoms with Crippen molar-refractivity contribution < 1.29 is 14.3 Å². The fourth-order valence-corrected chi connectivity index (χ4v) is 3.37. The number of anilines is 1. The highest BCUT2D eigenvalue weighted by molar-refractivity contribution is 5.86. The van der Waals surface area contributed by atoms with E-state index in [0.717, 1.165) is 11.3 Å². The lowest BCUT2D eigenvalue weighted by atomic mass is 10.1. The van der Waals surface area contributed by atoms with E-state index in [-0.39, 0.29) is 4.65 Å². The maximum absolute atomic E-state index is 11.4. The summed E-state index contributed by atoms with van der Waals surface area (Å²) in [5, 5.41) is 10.8. The molecule has 2 aromatic carbocycles. The van der Waals surface area contributed by atoms with Crippen LogP contribution in [-0.2, 0) is 6.54 Å². The standard InChI is InChI=1S/C18H19N3O3/c22-18-19-15-7-4-8-16(17(15)24-18)20-9-11-21(23,12-10-20)13-14-5-2-1-3-6-14/h1-8,23H,9-13H2/p+1. The third-order valence-corrected chi connectivity index (χ3v) is 4.66. The minimum Gasteiger partial charge on any atom is -0.406 e. The molecule has 6 nitrogen and oxygen atoms in total. The fourth-order valence-electron chi connectivity index (χ4n) is 3.37. The van der Waals surface area contributed by atoms with Crippen LogP contribution in [0.3, 0.4) is 0 Å². The molecule has 0 saturated carbocycles. The summed E-state index contributed by atoms with van der Waals surface area (Å²) in [4.78, 5) is 16.3. The number of nitrogens with zero attached hydrogens (tertiary/aromatic N) is 2. The Balaban J connectivity index is 1.52. The molecule has 0 radical (unpaired) electrons. The van der Waals surface area contributed by atoms with Crippen LogP contribution in [0.1, 0.15) is 5.56 Å². The van der Waals surface area contributed by atoms with Gasteiger partial charge in [-0.3, -0.25) is 4.98 Å². The number of benzene rings is 2. The van der Waals surface area contributed by atoms with Crippen molar-refractivity contribution in [2.45, 2.75) is 6.54 Å². The molecule has 0 bridgehead atoms. The van der Waals surface area contributed by atoms with Gasteiger partial charge in [-0.1, -0.05) is 36.4 Å². The largest absolute Gasteiger partial charge is 0.417 e. The maximum Gasteiger partial charge on any atom is 0.417 e. The number of rotatable bonds is 3. The Morgan fingerprint density at radius 1 is 1.08 bits per heavy atom. The molecular formula is C18H20N3O3+. The highest BCUT2D eigenvalue weighted by Crippen LogP contribution is 2.27. The third-order valence-electron chi connectivity index (χ3n) is 4.66. The fraction of sp³-hybridized carbons (Fsp3) is 0.278. The zero-order valence-electron chi connectivity index (χ0n) is 13.3. The Hall–Kier alpha value is -2.57. The van der Waals surface area contributed by atoms with Gasteiger partial charge >= 0.3 is 5.76 Å². The van der Waals surface area contributed by atoms with Crippen molar-refractivity contribution in [1.29, 1.82) is 0 Å². The van der Waals surface area contributed by atoms with Gasteiger partial charge in [0.2, 0.25) is 0 Å². The number of aromatic amines is 1. The molecule has 3 aromatic rings. The molecule has 1 fully saturated rings. The second-order valence-corrected chi connectivity index (χ2v) is 6.34. The quantitative estimate of drug-likeness (QED) is 0.725. The molecule has 124 valence electrons. The van der Waals surface area contributed by atoms with Gasteiger partial charge in [0, 0.05) is 5.56 Å². The van der Waals surface area contributed by atoms with Gasteiger partial charge in [-0.25, -0.2) is 10.0 Å². The van der Waals surface area contributed by atoms with Crippen molar-refractivity contribution in [2.75, 3.05) is 31.1 Å². The number of aromatic nitrogens is 1. The molecule has 4 rings (SSSR count). The molecule has 6 heteroatoms. The van der Waals surface area contributed by atoms with Crippen molar-refractivity contribution in [2.24, 2.45) is 0 Å². The lowest BCUT2D eigenvalue weighted by molar-refractivity contribution is -1.11. The van der Waals surface area contributed by atoms with Crippen LogP contribution in [0.5, 0.6) is 0 Å². The summed E-state index contributed by atoms with van der Waals surface area (Å²) in [5.41, 5.74) is 3.32. The van der Waals surface area contributed by atoms with Crippen molar-refractivity contribution in [3.8, 4) is 0 Å². The van der Waals surface area contributed by atoms with E-state index in [1.807, 2.05) is 48.5 Å². The van der Waals surface area contributed by atoms with Crippen molar-refractivity contribution in [3.63, 3.8) is 0 Å². The van der Waals surface area contributed by atoms with Crippen LogP contribution >= 0.6 is 0 Å². The van der Waals surface area contributed by atoms with Gasteiger partial charge in [0.1, 0.15) is 19.6 Å². The molecule has 2 heterocycles. The number of nitrogens with one attached hydrogen (secondary N) is 1. The van der Waals surface area contributed by atoms with Crippen LogP contribution in [0.25, 0.3) is 11.1 Å². The van der Waals surface area contributed by atoms with Crippen molar-refractivity contribution in [1.82, 2.24) is 4.98 Å². The van der Waals surface area contributed by atoms with Gasteiger partial charge in [0.05, 0.1) is 24.3 Å². The smallest absolute Gasteiger partial charge is 0.406 e. The number of hydroxylamine groups is 3. The number of quaternary nitrogens is 1. The van der Waals surface area contributed by atoms with E-state index in [2.05, 4.69) is 9.88 Å².